The number of rotatable bonds is 19. The number of urea groups is 1. The molecule has 43 heteroatoms. The number of alkyl halides is 6. The zero-order valence-corrected chi connectivity index (χ0v) is 64.2. The molecular formula is C59H58Cl4F6IN12NaO17S2. The topological polar surface area (TPSA) is 375 Å². The molecule has 0 saturated heterocycles. The van der Waals surface area contributed by atoms with Crippen molar-refractivity contribution >= 4 is 142 Å². The Morgan fingerprint density at radius 2 is 1.44 bits per heavy atom. The van der Waals surface area contributed by atoms with Crippen molar-refractivity contribution in [2.45, 2.75) is 94.7 Å². The van der Waals surface area contributed by atoms with E-state index in [4.69, 9.17) is 65.4 Å². The molecule has 0 fully saturated rings. The second kappa shape index (κ2) is 36.6. The van der Waals surface area contributed by atoms with Crippen molar-refractivity contribution in [2.75, 3.05) is 50.6 Å². The number of carbonyl (C=O) groups excluding carboxylic acids is 6. The average molecular weight is 1680 g/mol. The van der Waals surface area contributed by atoms with E-state index in [-0.39, 0.29) is 129 Å². The van der Waals surface area contributed by atoms with Gasteiger partial charge in [0.05, 0.1) is 65.7 Å². The predicted molar refractivity (Wildman–Crippen MR) is 361 cm³/mol. The number of aromatic nitrogens is 8. The van der Waals surface area contributed by atoms with E-state index < -0.39 is 117 Å². The first-order chi connectivity index (χ1) is 47.0. The van der Waals surface area contributed by atoms with Gasteiger partial charge in [-0.3, -0.25) is 29.0 Å². The van der Waals surface area contributed by atoms with E-state index in [0.29, 0.717) is 42.4 Å². The summed E-state index contributed by atoms with van der Waals surface area (Å²) in [6, 6.07) is 11.3. The Labute approximate surface area is 632 Å². The average Bonchev–Trinajstić information content (AvgIpc) is 1.59. The Morgan fingerprint density at radius 3 is 1.98 bits per heavy atom. The van der Waals surface area contributed by atoms with E-state index in [2.05, 4.69) is 45.0 Å². The van der Waals surface area contributed by atoms with Crippen LogP contribution in [0.5, 0.6) is 6.01 Å². The van der Waals surface area contributed by atoms with Gasteiger partial charge in [-0.05, 0) is 143 Å². The van der Waals surface area contributed by atoms with E-state index in [9.17, 15) is 81.5 Å². The summed E-state index contributed by atoms with van der Waals surface area (Å²) in [5, 5.41) is 13.6. The number of amides is 2. The molecule has 102 heavy (non-hydrogen) atoms. The van der Waals surface area contributed by atoms with Crippen LogP contribution in [0.4, 0.5) is 42.8 Å². The molecule has 7 aromatic rings. The summed E-state index contributed by atoms with van der Waals surface area (Å²) in [6.07, 6.45) is -4.12. The van der Waals surface area contributed by atoms with Gasteiger partial charge < -0.3 is 33.7 Å². The minimum atomic E-state index is -4.76. The first-order valence-electron chi connectivity index (χ1n) is 28.6. The molecule has 1 aliphatic heterocycles. The quantitative estimate of drug-likeness (QED) is 0.0153. The molecule has 1 aliphatic rings. The van der Waals surface area contributed by atoms with Gasteiger partial charge in [-0.15, -0.1) is 16.7 Å². The first kappa shape index (κ1) is 86.7. The van der Waals surface area contributed by atoms with E-state index in [1.165, 1.54) is 58.1 Å². The van der Waals surface area contributed by atoms with Gasteiger partial charge in [0.2, 0.25) is 15.8 Å². The Hall–Kier alpha value is -7.70. The SMILES string of the molecule is CCOC(=O)C(Cl)Cc1cc(-n2nc(C)n(C(F)F)c2=O)c(F)cc1Cl.CCOC(=O)C1=NN(c2ccc(Cl)cc2Cl)C(C)(C(=O)OCC)C1.COC(=O)c1ccc(I)cc1S(=O)(=O)[N-]C(=O)Nc1nc(C)nc(OC)n1.Cc1[nH]n(C)c(=O)c1C(=O)c1ccc(C(F)(F)F)cc1S(C)(=O)=O.[Na+]. The number of hydrogen-bond acceptors (Lipinski definition) is 23. The number of carbonyl (C=O) groups is 6. The number of esters is 4. The summed E-state index contributed by atoms with van der Waals surface area (Å²) in [7, 11) is -4.85. The number of sulfonamides is 1. The Balaban J connectivity index is 0.000000288. The third-order valence-corrected chi connectivity index (χ3v) is 17.7. The number of ether oxygens (including phenoxy) is 5. The van der Waals surface area contributed by atoms with Crippen molar-refractivity contribution in [3.63, 3.8) is 0 Å². The van der Waals surface area contributed by atoms with Gasteiger partial charge in [0, 0.05) is 51.0 Å². The molecule has 0 aliphatic carbocycles. The van der Waals surface area contributed by atoms with Gasteiger partial charge in [-0.1, -0.05) is 34.8 Å². The summed E-state index contributed by atoms with van der Waals surface area (Å²) in [5.74, 6) is -4.82. The minimum absolute atomic E-state index is 0. The van der Waals surface area contributed by atoms with E-state index in [1.807, 2.05) is 22.6 Å². The van der Waals surface area contributed by atoms with Crippen LogP contribution >= 0.6 is 69.0 Å². The van der Waals surface area contributed by atoms with Crippen LogP contribution in [0.1, 0.15) is 95.4 Å². The summed E-state index contributed by atoms with van der Waals surface area (Å²) in [5.41, 5.74) is -4.72. The maximum absolute atomic E-state index is 14.2. The Morgan fingerprint density at radius 1 is 0.814 bits per heavy atom. The Kier molecular flexibility index (Phi) is 31.1. The summed E-state index contributed by atoms with van der Waals surface area (Å²) < 4.78 is 157. The van der Waals surface area contributed by atoms with Crippen LogP contribution in [0.2, 0.25) is 15.1 Å². The molecule has 546 valence electrons. The van der Waals surface area contributed by atoms with Gasteiger partial charge >= 0.3 is 77.9 Å². The predicted octanol–water partition coefficient (Wildman–Crippen LogP) is 7.24. The van der Waals surface area contributed by atoms with E-state index >= 15 is 0 Å². The van der Waals surface area contributed by atoms with Crippen molar-refractivity contribution in [1.29, 1.82) is 0 Å². The molecule has 0 saturated carbocycles. The molecular weight excluding hydrogens is 1620 g/mol. The smallest absolute Gasteiger partial charge is 0.467 e. The van der Waals surface area contributed by atoms with Crippen molar-refractivity contribution in [2.24, 2.45) is 12.1 Å². The number of sulfone groups is 1. The van der Waals surface area contributed by atoms with Crippen LogP contribution in [0.3, 0.4) is 0 Å². The third kappa shape index (κ3) is 21.7. The number of anilines is 2. The normalized spacial score (nSPS) is 13.6. The van der Waals surface area contributed by atoms with Crippen LogP contribution in [-0.4, -0.2) is 149 Å². The van der Waals surface area contributed by atoms with Crippen LogP contribution in [0, 0.1) is 30.2 Å². The maximum Gasteiger partial charge on any atom is 1.00 e. The number of aromatic amines is 1. The maximum atomic E-state index is 14.2. The molecule has 3 aromatic heterocycles. The number of aryl methyl sites for hydroxylation is 4. The first-order valence-corrected chi connectivity index (χ1v) is 34.6. The molecule has 2 atom stereocenters. The number of nitrogens with zero attached hydrogens (tertiary/aromatic N) is 10. The van der Waals surface area contributed by atoms with Crippen LogP contribution < -0.4 is 55.9 Å². The van der Waals surface area contributed by atoms with Crippen molar-refractivity contribution in [3.8, 4) is 11.7 Å². The number of benzene rings is 4. The van der Waals surface area contributed by atoms with Crippen molar-refractivity contribution < 1.29 is 125 Å². The second-order valence-corrected chi connectivity index (χ2v) is 27.2. The van der Waals surface area contributed by atoms with E-state index in [0.717, 1.165) is 30.0 Å². The molecule has 4 heterocycles. The fraction of sp³-hybridized carbons (Fsp3) is 0.339. The summed E-state index contributed by atoms with van der Waals surface area (Å²) >= 11 is 25.9. The molecule has 4 aromatic carbocycles. The van der Waals surface area contributed by atoms with Crippen molar-refractivity contribution in [3.05, 3.63) is 162 Å². The zero-order chi connectivity index (χ0) is 76.1. The molecule has 0 radical (unpaired) electrons. The van der Waals surface area contributed by atoms with Crippen LogP contribution in [0.15, 0.2) is 91.2 Å². The summed E-state index contributed by atoms with van der Waals surface area (Å²) in [4.78, 5) is 107. The summed E-state index contributed by atoms with van der Waals surface area (Å²) in [6.45, 7) is 8.25. The second-order valence-electron chi connectivity index (χ2n) is 20.7. The monoisotopic (exact) mass is 1670 g/mol. The third-order valence-electron chi connectivity index (χ3n) is 13.4. The number of hydrogen-bond donors (Lipinski definition) is 2. The number of ketones is 1. The fourth-order valence-electron chi connectivity index (χ4n) is 8.83. The largest absolute Gasteiger partial charge is 1.00 e. The molecule has 2 unspecified atom stereocenters. The van der Waals surface area contributed by atoms with E-state index in [1.54, 1.807) is 45.9 Å². The molecule has 2 N–H and O–H groups in total. The van der Waals surface area contributed by atoms with Gasteiger partial charge in [-0.2, -0.15) is 41.7 Å². The number of hydrazone groups is 1. The molecule has 0 bridgehead atoms. The molecule has 8 rings (SSSR count). The number of halogens is 11. The molecule has 0 spiro atoms. The van der Waals surface area contributed by atoms with Crippen LogP contribution in [-0.2, 0) is 72.8 Å². The number of methoxy groups -OCH3 is 2. The van der Waals surface area contributed by atoms with Crippen molar-refractivity contribution in [1.82, 2.24) is 39.1 Å². The standard InChI is InChI=1S/C16H18Cl2N2O4.C15H14Cl2F3N3O3.C14H13F3N2O4S.C14H14IN5O6S.Na/c1-4-23-14(21)12-9-16(3,15(22)24-5-2)20(19-12)13-7-6-10(17)8-11(13)18;1-3-26-13(24)10(17)4-8-5-12(11(18)6-9(8)16)23-15(25)22(14(19)20)7(2)21-23;1-7-11(13(21)19(2)18-7)12(20)9-5-4-8(14(15,16)17)6-10(9)24(3,22)23;1-7-16-12(19-14(17-7)26-3)18-13(22)20-27(23,24)10-6-8(15)4-5-9(10)11(21)25-2;/h6-8H,4-5,9H2,1-3H3;5-6,10,14H,3-4H2,1-2H3;4-6,18H,1-3H3;4-6H,1-3H3,(H2,16,17,18,19,20,22);/q;;;;+1/p-1. The number of H-pyrrole nitrogens is 1. The van der Waals surface area contributed by atoms with Crippen LogP contribution in [0.25, 0.3) is 10.4 Å². The minimum Gasteiger partial charge on any atom is -0.467 e. The van der Waals surface area contributed by atoms with Gasteiger partial charge in [-0.25, -0.2) is 55.0 Å². The number of nitrogens with one attached hydrogen (secondary N) is 2. The van der Waals surface area contributed by atoms with Gasteiger partial charge in [0.1, 0.15) is 34.0 Å². The fourth-order valence-corrected chi connectivity index (χ4v) is 12.4. The zero-order valence-electron chi connectivity index (χ0n) is 55.4. The van der Waals surface area contributed by atoms with Gasteiger partial charge in [0.25, 0.3) is 5.56 Å². The van der Waals surface area contributed by atoms with Gasteiger partial charge in [0.15, 0.2) is 33.2 Å². The molecule has 2 amide bonds. The Bertz CT molecular complexity index is 4740. The molecule has 29 nitrogen and oxygen atoms in total.